The van der Waals surface area contributed by atoms with E-state index in [4.69, 9.17) is 4.98 Å². The zero-order valence-electron chi connectivity index (χ0n) is 15.4. The number of rotatable bonds is 5. The van der Waals surface area contributed by atoms with E-state index in [2.05, 4.69) is 29.3 Å². The second-order valence-corrected chi connectivity index (χ2v) is 7.88. The predicted molar refractivity (Wildman–Crippen MR) is 111 cm³/mol. The van der Waals surface area contributed by atoms with Crippen molar-refractivity contribution in [3.8, 4) is 11.3 Å². The maximum atomic E-state index is 12.9. The van der Waals surface area contributed by atoms with Crippen LogP contribution in [0.2, 0.25) is 0 Å². The van der Waals surface area contributed by atoms with E-state index in [1.807, 2.05) is 42.5 Å². The Labute approximate surface area is 163 Å². The summed E-state index contributed by atoms with van der Waals surface area (Å²) in [4.78, 5) is 20.8. The Kier molecular flexibility index (Phi) is 5.21. The van der Waals surface area contributed by atoms with Crippen molar-refractivity contribution in [1.29, 1.82) is 0 Å². The molecule has 27 heavy (non-hydrogen) atoms. The molecule has 1 aliphatic heterocycles. The summed E-state index contributed by atoms with van der Waals surface area (Å²) in [5.74, 6) is -0.0580. The maximum absolute atomic E-state index is 12.9. The average Bonchev–Trinajstić information content (AvgIpc) is 3.37. The van der Waals surface area contributed by atoms with E-state index in [-0.39, 0.29) is 5.91 Å². The molecule has 138 valence electrons. The predicted octanol–water partition coefficient (Wildman–Crippen LogP) is 4.65. The highest BCUT2D eigenvalue weighted by molar-refractivity contribution is 7.18. The van der Waals surface area contributed by atoms with Crippen molar-refractivity contribution in [3.05, 3.63) is 70.6 Å². The number of nitrogens with zero attached hydrogens (tertiary/aromatic N) is 2. The van der Waals surface area contributed by atoms with Gasteiger partial charge in [0.05, 0.1) is 5.69 Å². The lowest BCUT2D eigenvalue weighted by atomic mass is 10.1. The molecule has 5 heteroatoms. The van der Waals surface area contributed by atoms with Gasteiger partial charge >= 0.3 is 0 Å². The van der Waals surface area contributed by atoms with E-state index < -0.39 is 0 Å². The van der Waals surface area contributed by atoms with Gasteiger partial charge in [-0.05, 0) is 25.3 Å². The lowest BCUT2D eigenvalue weighted by molar-refractivity contribution is 0.0955. The zero-order valence-corrected chi connectivity index (χ0v) is 16.3. The number of thiazole rings is 1. The molecule has 1 aromatic heterocycles. The number of benzene rings is 2. The van der Waals surface area contributed by atoms with E-state index in [9.17, 15) is 4.79 Å². The van der Waals surface area contributed by atoms with Crippen molar-refractivity contribution in [1.82, 2.24) is 10.3 Å². The number of carbonyl (C=O) groups excluding carboxylic acids is 1. The number of carbonyl (C=O) groups is 1. The van der Waals surface area contributed by atoms with E-state index in [1.54, 1.807) is 0 Å². The first kappa shape index (κ1) is 17.7. The molecule has 3 aromatic rings. The Morgan fingerprint density at radius 3 is 2.48 bits per heavy atom. The quantitative estimate of drug-likeness (QED) is 0.704. The van der Waals surface area contributed by atoms with Gasteiger partial charge in [-0.1, -0.05) is 71.5 Å². The third-order valence-corrected chi connectivity index (χ3v) is 5.93. The molecular formula is C22H23N3OS. The summed E-state index contributed by atoms with van der Waals surface area (Å²) in [6, 6.07) is 18.2. The Hall–Kier alpha value is -2.66. The third kappa shape index (κ3) is 4.03. The fraction of sp³-hybridized carbons (Fsp3) is 0.273. The van der Waals surface area contributed by atoms with Crippen LogP contribution in [0.4, 0.5) is 5.13 Å². The highest BCUT2D eigenvalue weighted by Crippen LogP contribution is 2.34. The molecule has 1 N–H and O–H groups in total. The van der Waals surface area contributed by atoms with Crippen molar-refractivity contribution in [2.24, 2.45) is 0 Å². The number of hydrogen-bond acceptors (Lipinski definition) is 4. The highest BCUT2D eigenvalue weighted by Gasteiger charge is 2.23. The van der Waals surface area contributed by atoms with Gasteiger partial charge in [0, 0.05) is 25.2 Å². The smallest absolute Gasteiger partial charge is 0.264 e. The monoisotopic (exact) mass is 377 g/mol. The molecule has 2 heterocycles. The Morgan fingerprint density at radius 2 is 1.78 bits per heavy atom. The van der Waals surface area contributed by atoms with Crippen LogP contribution >= 0.6 is 11.3 Å². The van der Waals surface area contributed by atoms with Gasteiger partial charge in [0.15, 0.2) is 5.13 Å². The standard InChI is InChI=1S/C22H23N3OS/c1-16-9-11-18(12-10-16)19-20(27-22(24-19)25-13-5-6-14-25)21(26)23-15-17-7-3-2-4-8-17/h2-4,7-12H,5-6,13-15H2,1H3,(H,23,26). The van der Waals surface area contributed by atoms with Crippen LogP contribution in [-0.4, -0.2) is 24.0 Å². The van der Waals surface area contributed by atoms with Crippen LogP contribution in [0, 0.1) is 6.92 Å². The van der Waals surface area contributed by atoms with Gasteiger partial charge in [-0.3, -0.25) is 4.79 Å². The van der Waals surface area contributed by atoms with E-state index in [1.165, 1.54) is 29.7 Å². The molecule has 4 nitrogen and oxygen atoms in total. The maximum Gasteiger partial charge on any atom is 0.264 e. The van der Waals surface area contributed by atoms with Gasteiger partial charge in [-0.2, -0.15) is 0 Å². The molecule has 0 atom stereocenters. The van der Waals surface area contributed by atoms with Gasteiger partial charge in [-0.15, -0.1) is 0 Å². The molecule has 0 saturated carbocycles. The second kappa shape index (κ2) is 7.92. The van der Waals surface area contributed by atoms with Crippen LogP contribution in [0.15, 0.2) is 54.6 Å². The fourth-order valence-electron chi connectivity index (χ4n) is 3.27. The molecule has 0 aliphatic carbocycles. The average molecular weight is 378 g/mol. The largest absolute Gasteiger partial charge is 0.348 e. The normalized spacial score (nSPS) is 13.7. The number of aryl methyl sites for hydroxylation is 1. The molecule has 1 saturated heterocycles. The van der Waals surface area contributed by atoms with Gasteiger partial charge in [-0.25, -0.2) is 4.98 Å². The number of hydrogen-bond donors (Lipinski definition) is 1. The van der Waals surface area contributed by atoms with Crippen molar-refractivity contribution >= 4 is 22.4 Å². The molecule has 0 bridgehead atoms. The lowest BCUT2D eigenvalue weighted by Crippen LogP contribution is -2.22. The number of nitrogens with one attached hydrogen (secondary N) is 1. The van der Waals surface area contributed by atoms with Crippen LogP contribution < -0.4 is 10.2 Å². The van der Waals surface area contributed by atoms with Gasteiger partial charge in [0.1, 0.15) is 4.88 Å². The molecule has 0 radical (unpaired) electrons. The number of anilines is 1. The molecule has 1 fully saturated rings. The van der Waals surface area contributed by atoms with Crippen LogP contribution in [0.5, 0.6) is 0 Å². The molecule has 2 aromatic carbocycles. The lowest BCUT2D eigenvalue weighted by Gasteiger charge is -2.12. The first-order valence-corrected chi connectivity index (χ1v) is 10.2. The fourth-order valence-corrected chi connectivity index (χ4v) is 4.33. The summed E-state index contributed by atoms with van der Waals surface area (Å²) in [6.07, 6.45) is 2.38. The summed E-state index contributed by atoms with van der Waals surface area (Å²) in [5, 5.41) is 4.01. The summed E-state index contributed by atoms with van der Waals surface area (Å²) < 4.78 is 0. The Morgan fingerprint density at radius 1 is 1.07 bits per heavy atom. The number of aromatic nitrogens is 1. The SMILES string of the molecule is Cc1ccc(-c2nc(N3CCCC3)sc2C(=O)NCc2ccccc2)cc1. The van der Waals surface area contributed by atoms with Gasteiger partial charge in [0.2, 0.25) is 0 Å². The number of amides is 1. The Bertz CT molecular complexity index is 912. The van der Waals surface area contributed by atoms with Gasteiger partial charge < -0.3 is 10.2 Å². The first-order valence-electron chi connectivity index (χ1n) is 9.35. The first-order chi connectivity index (χ1) is 13.2. The van der Waals surface area contributed by atoms with Crippen LogP contribution in [-0.2, 0) is 6.54 Å². The summed E-state index contributed by atoms with van der Waals surface area (Å²) >= 11 is 1.50. The van der Waals surface area contributed by atoms with Crippen molar-refractivity contribution in [2.45, 2.75) is 26.3 Å². The molecule has 0 unspecified atom stereocenters. The topological polar surface area (TPSA) is 45.2 Å². The van der Waals surface area contributed by atoms with E-state index >= 15 is 0 Å². The van der Waals surface area contributed by atoms with Gasteiger partial charge in [0.25, 0.3) is 5.91 Å². The summed E-state index contributed by atoms with van der Waals surface area (Å²) in [5.41, 5.74) is 4.07. The summed E-state index contributed by atoms with van der Waals surface area (Å²) in [6.45, 7) is 4.62. The van der Waals surface area contributed by atoms with Crippen molar-refractivity contribution in [2.75, 3.05) is 18.0 Å². The minimum absolute atomic E-state index is 0.0580. The van der Waals surface area contributed by atoms with Crippen LogP contribution in [0.1, 0.15) is 33.6 Å². The zero-order chi connectivity index (χ0) is 18.6. The van der Waals surface area contributed by atoms with E-state index in [0.717, 1.165) is 35.0 Å². The molecule has 1 amide bonds. The Balaban J connectivity index is 1.62. The molecule has 1 aliphatic rings. The third-order valence-electron chi connectivity index (χ3n) is 4.82. The molecule has 0 spiro atoms. The van der Waals surface area contributed by atoms with E-state index in [0.29, 0.717) is 11.4 Å². The van der Waals surface area contributed by atoms with Crippen LogP contribution in [0.25, 0.3) is 11.3 Å². The minimum atomic E-state index is -0.0580. The molecule has 4 rings (SSSR count). The molecular weight excluding hydrogens is 354 g/mol. The highest BCUT2D eigenvalue weighted by atomic mass is 32.1. The second-order valence-electron chi connectivity index (χ2n) is 6.90. The van der Waals surface area contributed by atoms with Crippen molar-refractivity contribution < 1.29 is 4.79 Å². The van der Waals surface area contributed by atoms with Crippen LogP contribution in [0.3, 0.4) is 0 Å². The minimum Gasteiger partial charge on any atom is -0.348 e. The summed E-state index contributed by atoms with van der Waals surface area (Å²) in [7, 11) is 0. The van der Waals surface area contributed by atoms with Crippen molar-refractivity contribution in [3.63, 3.8) is 0 Å².